The number of H-pyrrole nitrogens is 1. The van der Waals surface area contributed by atoms with Crippen molar-refractivity contribution in [1.29, 1.82) is 0 Å². The first-order chi connectivity index (χ1) is 20.1. The van der Waals surface area contributed by atoms with Crippen molar-refractivity contribution < 1.29 is 22.7 Å². The summed E-state index contributed by atoms with van der Waals surface area (Å²) in [5, 5.41) is 4.96. The lowest BCUT2D eigenvalue weighted by atomic mass is 10.0. The van der Waals surface area contributed by atoms with Gasteiger partial charge in [0.05, 0.1) is 25.2 Å². The molecule has 0 saturated heterocycles. The number of fused-ring (bicyclic) bond motifs is 1. The van der Waals surface area contributed by atoms with Crippen LogP contribution in [0.25, 0.3) is 10.9 Å². The predicted octanol–water partition coefficient (Wildman–Crippen LogP) is 4.22. The van der Waals surface area contributed by atoms with Crippen LogP contribution in [0.3, 0.4) is 0 Å². The number of aromatic amines is 1. The highest BCUT2D eigenvalue weighted by Crippen LogP contribution is 2.31. The number of para-hydroxylation sites is 1. The number of amides is 2. The van der Waals surface area contributed by atoms with Gasteiger partial charge in [-0.05, 0) is 47.5 Å². The van der Waals surface area contributed by atoms with E-state index < -0.39 is 22.0 Å². The van der Waals surface area contributed by atoms with E-state index in [9.17, 15) is 22.8 Å². The molecule has 10 nitrogen and oxygen atoms in total. The van der Waals surface area contributed by atoms with Crippen LogP contribution in [-0.4, -0.2) is 50.3 Å². The van der Waals surface area contributed by atoms with Gasteiger partial charge in [0.25, 0.3) is 0 Å². The average Bonchev–Trinajstić information content (AvgIpc) is 3.48. The van der Waals surface area contributed by atoms with E-state index in [0.717, 1.165) is 17.7 Å². The van der Waals surface area contributed by atoms with Crippen molar-refractivity contribution in [2.24, 2.45) is 0 Å². The molecular formula is C29H31ClN4O6S2. The van der Waals surface area contributed by atoms with Crippen molar-refractivity contribution in [3.05, 3.63) is 91.9 Å². The predicted molar refractivity (Wildman–Crippen MR) is 163 cm³/mol. The number of methoxy groups -OCH3 is 1. The van der Waals surface area contributed by atoms with Gasteiger partial charge in [0.1, 0.15) is 16.7 Å². The summed E-state index contributed by atoms with van der Waals surface area (Å²) >= 11 is 7.80. The molecule has 4 aromatic rings. The monoisotopic (exact) mass is 630 g/mol. The van der Waals surface area contributed by atoms with Crippen LogP contribution >= 0.6 is 22.9 Å². The number of aromatic nitrogens is 1. The molecule has 2 amide bonds. The Morgan fingerprint density at radius 2 is 1.90 bits per heavy atom. The van der Waals surface area contributed by atoms with E-state index in [-0.39, 0.29) is 45.8 Å². The molecule has 0 spiro atoms. The van der Waals surface area contributed by atoms with Gasteiger partial charge < -0.3 is 19.9 Å². The van der Waals surface area contributed by atoms with Crippen LogP contribution in [0.15, 0.2) is 75.7 Å². The molecule has 0 fully saturated rings. The van der Waals surface area contributed by atoms with Crippen LogP contribution < -0.4 is 20.3 Å². The molecule has 0 aliphatic carbocycles. The van der Waals surface area contributed by atoms with Gasteiger partial charge in [-0.25, -0.2) is 8.42 Å². The number of hydrogen-bond acceptors (Lipinski definition) is 7. The van der Waals surface area contributed by atoms with Crippen LogP contribution in [-0.2, 0) is 26.2 Å². The summed E-state index contributed by atoms with van der Waals surface area (Å²) in [6, 6.07) is 14.2. The summed E-state index contributed by atoms with van der Waals surface area (Å²) in [6.07, 6.45) is 1.68. The molecule has 2 aromatic heterocycles. The highest BCUT2D eigenvalue weighted by Gasteiger charge is 2.34. The summed E-state index contributed by atoms with van der Waals surface area (Å²) in [5.41, 5.74) is 0.260. The summed E-state index contributed by atoms with van der Waals surface area (Å²) in [6.45, 7) is 2.28. The number of pyridine rings is 1. The zero-order valence-corrected chi connectivity index (χ0v) is 25.4. The normalized spacial score (nSPS) is 12.2. The fraction of sp³-hybridized carbons (Fsp3) is 0.276. The number of nitrogens with zero attached hydrogens (tertiary/aromatic N) is 1. The van der Waals surface area contributed by atoms with E-state index in [1.54, 1.807) is 24.3 Å². The number of rotatable bonds is 13. The summed E-state index contributed by atoms with van der Waals surface area (Å²) in [7, 11) is -3.01. The van der Waals surface area contributed by atoms with Crippen LogP contribution in [0, 0.1) is 0 Å². The third-order valence-electron chi connectivity index (χ3n) is 6.46. The minimum atomic E-state index is -4.43. The van der Waals surface area contributed by atoms with Gasteiger partial charge in [-0.15, -0.1) is 11.3 Å². The molecule has 0 aliphatic heterocycles. The Kier molecular flexibility index (Phi) is 10.4. The second-order valence-corrected chi connectivity index (χ2v) is 12.6. The number of hydrogen-bond donors (Lipinski definition) is 3. The largest absolute Gasteiger partial charge is 0.496 e. The number of carbonyl (C=O) groups excluding carboxylic acids is 2. The standard InChI is InChI=1S/C29H31ClN4O6S2/c1-3-4-13-31-27(36)18-34(17-20-8-7-14-41-20)29(37)28(21-9-5-6-10-24(21)40-2)33-42(38,39)25-15-19-11-12-26(35)32-23(19)16-22(25)30/h5-12,14-16,28,33H,3-4,13,17-18H2,1-2H3,(H,31,36)(H,32,35)/t28-/m0/s1. The van der Waals surface area contributed by atoms with E-state index in [4.69, 9.17) is 16.3 Å². The van der Waals surface area contributed by atoms with Crippen LogP contribution in [0.2, 0.25) is 5.02 Å². The van der Waals surface area contributed by atoms with Gasteiger partial charge in [-0.3, -0.25) is 14.4 Å². The van der Waals surface area contributed by atoms with E-state index in [1.807, 2.05) is 24.4 Å². The van der Waals surface area contributed by atoms with Gasteiger partial charge in [-0.1, -0.05) is 49.2 Å². The smallest absolute Gasteiger partial charge is 0.248 e. The molecule has 0 aliphatic rings. The Labute approximate surface area is 252 Å². The van der Waals surface area contributed by atoms with Crippen LogP contribution in [0.5, 0.6) is 5.75 Å². The molecule has 4 rings (SSSR count). The van der Waals surface area contributed by atoms with E-state index >= 15 is 0 Å². The van der Waals surface area contributed by atoms with Crippen LogP contribution in [0.4, 0.5) is 0 Å². The topological polar surface area (TPSA) is 138 Å². The zero-order chi connectivity index (χ0) is 30.3. The Morgan fingerprint density at radius 1 is 1.12 bits per heavy atom. The third-order valence-corrected chi connectivity index (χ3v) is 9.21. The van der Waals surface area contributed by atoms with Crippen molar-refractivity contribution in [1.82, 2.24) is 19.9 Å². The van der Waals surface area contributed by atoms with Crippen molar-refractivity contribution in [2.45, 2.75) is 37.2 Å². The summed E-state index contributed by atoms with van der Waals surface area (Å²) < 4.78 is 35.7. The number of sulfonamides is 1. The number of carbonyl (C=O) groups is 2. The highest BCUT2D eigenvalue weighted by atomic mass is 35.5. The zero-order valence-electron chi connectivity index (χ0n) is 23.1. The molecule has 0 unspecified atom stereocenters. The molecular weight excluding hydrogens is 600 g/mol. The Hall–Kier alpha value is -3.71. The minimum absolute atomic E-state index is 0.0924. The fourth-order valence-electron chi connectivity index (χ4n) is 4.35. The molecule has 0 radical (unpaired) electrons. The van der Waals surface area contributed by atoms with Gasteiger partial charge in [-0.2, -0.15) is 4.72 Å². The maximum atomic E-state index is 14.2. The van der Waals surface area contributed by atoms with Crippen molar-refractivity contribution in [3.63, 3.8) is 0 Å². The number of benzene rings is 2. The molecule has 2 aromatic carbocycles. The van der Waals surface area contributed by atoms with E-state index in [0.29, 0.717) is 17.4 Å². The lowest BCUT2D eigenvalue weighted by Gasteiger charge is -2.28. The second-order valence-electron chi connectivity index (χ2n) is 9.47. The third kappa shape index (κ3) is 7.57. The van der Waals surface area contributed by atoms with Crippen molar-refractivity contribution >= 4 is 55.7 Å². The van der Waals surface area contributed by atoms with Gasteiger partial charge in [0, 0.05) is 28.6 Å². The number of thiophene rings is 1. The molecule has 3 N–H and O–H groups in total. The van der Waals surface area contributed by atoms with E-state index in [1.165, 1.54) is 47.6 Å². The average molecular weight is 631 g/mol. The number of nitrogens with one attached hydrogen (secondary N) is 3. The Balaban J connectivity index is 1.75. The highest BCUT2D eigenvalue weighted by molar-refractivity contribution is 7.89. The Bertz CT molecular complexity index is 1720. The molecule has 13 heteroatoms. The lowest BCUT2D eigenvalue weighted by molar-refractivity contribution is -0.138. The first-order valence-corrected chi connectivity index (χ1v) is 15.9. The lowest BCUT2D eigenvalue weighted by Crippen LogP contribution is -2.46. The molecule has 222 valence electrons. The maximum Gasteiger partial charge on any atom is 0.248 e. The molecule has 0 saturated carbocycles. The molecule has 2 heterocycles. The number of ether oxygens (including phenoxy) is 1. The Morgan fingerprint density at radius 3 is 2.62 bits per heavy atom. The van der Waals surface area contributed by atoms with Gasteiger partial charge in [0.2, 0.25) is 27.4 Å². The maximum absolute atomic E-state index is 14.2. The SMILES string of the molecule is CCCCNC(=O)CN(Cc1cccs1)C(=O)[C@@H](NS(=O)(=O)c1cc2ccc(=O)[nH]c2cc1Cl)c1ccccc1OC. The van der Waals surface area contributed by atoms with Gasteiger partial charge in [0.15, 0.2) is 0 Å². The van der Waals surface area contributed by atoms with Crippen LogP contribution in [0.1, 0.15) is 36.2 Å². The second kappa shape index (κ2) is 14.0. The molecule has 0 bridgehead atoms. The summed E-state index contributed by atoms with van der Waals surface area (Å²) in [5.74, 6) is -0.728. The quantitative estimate of drug-likeness (QED) is 0.189. The summed E-state index contributed by atoms with van der Waals surface area (Å²) in [4.78, 5) is 43.3. The van der Waals surface area contributed by atoms with Gasteiger partial charge >= 0.3 is 0 Å². The number of unbranched alkanes of at least 4 members (excludes halogenated alkanes) is 1. The van der Waals surface area contributed by atoms with E-state index in [2.05, 4.69) is 15.0 Å². The van der Waals surface area contributed by atoms with Crippen molar-refractivity contribution in [2.75, 3.05) is 20.2 Å². The first kappa shape index (κ1) is 31.2. The molecule has 1 atom stereocenters. The fourth-order valence-corrected chi connectivity index (χ4v) is 6.80. The molecule has 42 heavy (non-hydrogen) atoms. The van der Waals surface area contributed by atoms with Crippen molar-refractivity contribution in [3.8, 4) is 5.75 Å². The number of halogens is 1. The minimum Gasteiger partial charge on any atom is -0.496 e. The first-order valence-electron chi connectivity index (χ1n) is 13.2.